The number of ether oxygens (including phenoxy) is 2. The number of nitrogens with zero attached hydrogens (tertiary/aromatic N) is 1. The van der Waals surface area contributed by atoms with Gasteiger partial charge in [0, 0.05) is 18.2 Å². The molecule has 7 nitrogen and oxygen atoms in total. The number of benzene rings is 2. The number of hydrogen-bond acceptors (Lipinski definition) is 7. The third kappa shape index (κ3) is 4.61. The number of esters is 2. The van der Waals surface area contributed by atoms with E-state index in [1.165, 1.54) is 29.7 Å². The van der Waals surface area contributed by atoms with Crippen LogP contribution >= 0.6 is 11.8 Å². The standard InChI is InChI=1S/C25H21NO6S/c1-16(28)31-14-19-15-33-24-20(12-13-27)23(29)26(24)21(19)25(30)32-22(17-8-4-2-5-9-17)18-10-6-3-7-11-18/h2-13,22,24H,14-15H2,1H3/b20-12-. The summed E-state index contributed by atoms with van der Waals surface area (Å²) in [6, 6.07) is 18.6. The van der Waals surface area contributed by atoms with Gasteiger partial charge in [-0.05, 0) is 17.2 Å². The molecule has 1 atom stereocenters. The fraction of sp³-hybridized carbons (Fsp3) is 0.200. The van der Waals surface area contributed by atoms with Crippen LogP contribution in [0.2, 0.25) is 0 Å². The average Bonchev–Trinajstić information content (AvgIpc) is 2.84. The largest absolute Gasteiger partial charge is 0.461 e. The van der Waals surface area contributed by atoms with E-state index in [1.807, 2.05) is 60.7 Å². The molecule has 8 heteroatoms. The van der Waals surface area contributed by atoms with Crippen LogP contribution in [0.5, 0.6) is 0 Å². The van der Waals surface area contributed by atoms with Crippen molar-refractivity contribution in [3.05, 3.63) is 94.7 Å². The summed E-state index contributed by atoms with van der Waals surface area (Å²) in [7, 11) is 0. The molecule has 0 spiro atoms. The zero-order valence-electron chi connectivity index (χ0n) is 17.8. The minimum Gasteiger partial charge on any atom is -0.461 e. The Morgan fingerprint density at radius 3 is 2.24 bits per heavy atom. The van der Waals surface area contributed by atoms with Crippen molar-refractivity contribution in [3.63, 3.8) is 0 Å². The molecular formula is C25H21NO6S. The van der Waals surface area contributed by atoms with Gasteiger partial charge in [0.1, 0.15) is 24.0 Å². The number of hydrogen-bond donors (Lipinski definition) is 0. The van der Waals surface area contributed by atoms with E-state index in [9.17, 15) is 19.2 Å². The summed E-state index contributed by atoms with van der Waals surface area (Å²) >= 11 is 1.38. The van der Waals surface area contributed by atoms with Gasteiger partial charge in [0.2, 0.25) is 0 Å². The van der Waals surface area contributed by atoms with E-state index in [4.69, 9.17) is 9.47 Å². The summed E-state index contributed by atoms with van der Waals surface area (Å²) in [5.41, 5.74) is 2.42. The topological polar surface area (TPSA) is 90.0 Å². The molecule has 0 N–H and O–H groups in total. The lowest BCUT2D eigenvalue weighted by molar-refractivity contribution is -0.149. The molecule has 0 bridgehead atoms. The van der Waals surface area contributed by atoms with Crippen molar-refractivity contribution in [1.82, 2.24) is 4.90 Å². The molecule has 168 valence electrons. The number of allylic oxidation sites excluding steroid dienone is 1. The van der Waals surface area contributed by atoms with E-state index in [0.717, 1.165) is 11.1 Å². The molecule has 2 aliphatic rings. The van der Waals surface area contributed by atoms with E-state index < -0.39 is 29.3 Å². The molecule has 2 aromatic rings. The number of carbonyl (C=O) groups excluding carboxylic acids is 4. The minimum absolute atomic E-state index is 0.0601. The number of thioether (sulfide) groups is 1. The SMILES string of the molecule is CC(=O)OCC1=C(C(=O)OC(c2ccccc2)c2ccccc2)N2C(=O)/C(=C/C=O)C2SC1. The lowest BCUT2D eigenvalue weighted by Crippen LogP contribution is -2.56. The summed E-state index contributed by atoms with van der Waals surface area (Å²) in [5.74, 6) is -1.28. The highest BCUT2D eigenvalue weighted by Gasteiger charge is 2.50. The molecule has 0 saturated carbocycles. The Kier molecular flexibility index (Phi) is 6.74. The fourth-order valence-corrected chi connectivity index (χ4v) is 5.03. The lowest BCUT2D eigenvalue weighted by Gasteiger charge is -2.46. The van der Waals surface area contributed by atoms with E-state index in [2.05, 4.69) is 0 Å². The molecule has 1 unspecified atom stereocenters. The van der Waals surface area contributed by atoms with Crippen LogP contribution in [0.4, 0.5) is 0 Å². The van der Waals surface area contributed by atoms with Gasteiger partial charge in [0.05, 0.1) is 5.57 Å². The predicted octanol–water partition coefficient (Wildman–Crippen LogP) is 3.18. The average molecular weight is 464 g/mol. The number of amides is 1. The second kappa shape index (κ2) is 9.87. The molecule has 1 fully saturated rings. The molecule has 2 aromatic carbocycles. The van der Waals surface area contributed by atoms with Crippen LogP contribution in [0.1, 0.15) is 24.2 Å². The summed E-state index contributed by atoms with van der Waals surface area (Å²) in [5, 5.41) is -0.460. The Hall–Kier alpha value is -3.65. The fourth-order valence-electron chi connectivity index (χ4n) is 3.74. The quantitative estimate of drug-likeness (QED) is 0.270. The van der Waals surface area contributed by atoms with Crippen molar-refractivity contribution in [2.24, 2.45) is 0 Å². The Labute approximate surface area is 195 Å². The molecule has 0 radical (unpaired) electrons. The maximum Gasteiger partial charge on any atom is 0.356 e. The third-order valence-electron chi connectivity index (χ3n) is 5.28. The number of carbonyl (C=O) groups is 4. The zero-order valence-corrected chi connectivity index (χ0v) is 18.6. The van der Waals surface area contributed by atoms with Gasteiger partial charge < -0.3 is 9.47 Å². The Balaban J connectivity index is 1.70. The monoisotopic (exact) mass is 463 g/mol. The van der Waals surface area contributed by atoms with Crippen molar-refractivity contribution in [2.45, 2.75) is 18.4 Å². The van der Waals surface area contributed by atoms with Crippen molar-refractivity contribution >= 4 is 35.9 Å². The predicted molar refractivity (Wildman–Crippen MR) is 122 cm³/mol. The summed E-state index contributed by atoms with van der Waals surface area (Å²) in [6.45, 7) is 1.15. The van der Waals surface area contributed by atoms with Gasteiger partial charge in [-0.1, -0.05) is 60.7 Å². The van der Waals surface area contributed by atoms with Crippen LogP contribution in [0, 0.1) is 0 Å². The second-order valence-electron chi connectivity index (χ2n) is 7.44. The van der Waals surface area contributed by atoms with Gasteiger partial charge in [0.25, 0.3) is 5.91 Å². The number of aldehydes is 1. The number of fused-ring (bicyclic) bond motifs is 1. The van der Waals surface area contributed by atoms with E-state index in [0.29, 0.717) is 23.2 Å². The van der Waals surface area contributed by atoms with Gasteiger partial charge in [0.15, 0.2) is 6.10 Å². The Bertz CT molecular complexity index is 1100. The highest BCUT2D eigenvalue weighted by molar-refractivity contribution is 8.00. The highest BCUT2D eigenvalue weighted by atomic mass is 32.2. The lowest BCUT2D eigenvalue weighted by atomic mass is 10.0. The molecule has 33 heavy (non-hydrogen) atoms. The number of β-lactam (4-membered cyclic amide) rings is 1. The van der Waals surface area contributed by atoms with E-state index in [1.54, 1.807) is 0 Å². The first kappa shape index (κ1) is 22.5. The normalized spacial score (nSPS) is 18.6. The van der Waals surface area contributed by atoms with Crippen LogP contribution < -0.4 is 0 Å². The summed E-state index contributed by atoms with van der Waals surface area (Å²) < 4.78 is 11.1. The second-order valence-corrected chi connectivity index (χ2v) is 8.50. The summed E-state index contributed by atoms with van der Waals surface area (Å²) in [6.07, 6.45) is 1.08. The van der Waals surface area contributed by atoms with Crippen LogP contribution in [0.15, 0.2) is 83.6 Å². The first-order chi connectivity index (χ1) is 16.0. The number of rotatable bonds is 7. The van der Waals surface area contributed by atoms with Crippen LogP contribution in [0.25, 0.3) is 0 Å². The Morgan fingerprint density at radius 2 is 1.70 bits per heavy atom. The Morgan fingerprint density at radius 1 is 1.09 bits per heavy atom. The van der Waals surface area contributed by atoms with Crippen LogP contribution in [-0.2, 0) is 28.7 Å². The van der Waals surface area contributed by atoms with Gasteiger partial charge in [-0.25, -0.2) is 4.79 Å². The molecule has 1 amide bonds. The molecule has 0 aromatic heterocycles. The first-order valence-electron chi connectivity index (χ1n) is 10.3. The van der Waals surface area contributed by atoms with Crippen molar-refractivity contribution in [1.29, 1.82) is 0 Å². The molecule has 2 aliphatic heterocycles. The van der Waals surface area contributed by atoms with Gasteiger partial charge in [-0.3, -0.25) is 19.3 Å². The molecular weight excluding hydrogens is 442 g/mol. The van der Waals surface area contributed by atoms with Gasteiger partial charge >= 0.3 is 11.9 Å². The van der Waals surface area contributed by atoms with Crippen molar-refractivity contribution in [2.75, 3.05) is 12.4 Å². The van der Waals surface area contributed by atoms with Crippen molar-refractivity contribution in [3.8, 4) is 0 Å². The zero-order chi connectivity index (χ0) is 23.4. The molecule has 4 rings (SSSR count). The van der Waals surface area contributed by atoms with E-state index >= 15 is 0 Å². The minimum atomic E-state index is -0.697. The maximum absolute atomic E-state index is 13.5. The van der Waals surface area contributed by atoms with Gasteiger partial charge in [-0.2, -0.15) is 0 Å². The van der Waals surface area contributed by atoms with Crippen LogP contribution in [0.3, 0.4) is 0 Å². The van der Waals surface area contributed by atoms with E-state index in [-0.39, 0.29) is 12.3 Å². The van der Waals surface area contributed by atoms with Crippen molar-refractivity contribution < 1.29 is 28.7 Å². The maximum atomic E-state index is 13.5. The smallest absolute Gasteiger partial charge is 0.356 e. The first-order valence-corrected chi connectivity index (χ1v) is 11.3. The molecule has 0 aliphatic carbocycles. The van der Waals surface area contributed by atoms with Gasteiger partial charge in [-0.15, -0.1) is 11.8 Å². The third-order valence-corrected chi connectivity index (χ3v) is 6.57. The highest BCUT2D eigenvalue weighted by Crippen LogP contribution is 2.44. The molecule has 2 heterocycles. The molecule has 1 saturated heterocycles. The van der Waals surface area contributed by atoms with Crippen LogP contribution in [-0.4, -0.2) is 46.8 Å². The summed E-state index contributed by atoms with van der Waals surface area (Å²) in [4.78, 5) is 49.9.